The van der Waals surface area contributed by atoms with E-state index in [4.69, 9.17) is 4.74 Å². The highest BCUT2D eigenvalue weighted by Gasteiger charge is 2.54. The van der Waals surface area contributed by atoms with Crippen molar-refractivity contribution in [1.29, 1.82) is 0 Å². The maximum atomic E-state index is 13.3. The van der Waals surface area contributed by atoms with E-state index in [-0.39, 0.29) is 24.6 Å². The molecule has 4 rings (SSSR count). The van der Waals surface area contributed by atoms with Crippen LogP contribution in [-0.2, 0) is 25.4 Å². The summed E-state index contributed by atoms with van der Waals surface area (Å²) >= 11 is 1.25. The average molecular weight is 507 g/mol. The van der Waals surface area contributed by atoms with Crippen LogP contribution in [-0.4, -0.2) is 71.6 Å². The van der Waals surface area contributed by atoms with Gasteiger partial charge in [-0.25, -0.2) is 13.2 Å². The number of ether oxygens (including phenoxy) is 1. The molecule has 2 aromatic heterocycles. The Balaban J connectivity index is 1.46. The molecule has 10 nitrogen and oxygen atoms in total. The Morgan fingerprint density at radius 1 is 1.32 bits per heavy atom. The zero-order valence-electron chi connectivity index (χ0n) is 18.6. The lowest BCUT2D eigenvalue weighted by Gasteiger charge is -2.28. The van der Waals surface area contributed by atoms with Crippen molar-refractivity contribution in [2.24, 2.45) is 0 Å². The van der Waals surface area contributed by atoms with E-state index in [0.717, 1.165) is 0 Å². The number of hydrogen-bond donors (Lipinski definition) is 1. The fraction of sp³-hybridized carbons (Fsp3) is 0.455. The van der Waals surface area contributed by atoms with Gasteiger partial charge >= 0.3 is 6.09 Å². The van der Waals surface area contributed by atoms with Crippen LogP contribution in [0.5, 0.6) is 5.06 Å². The molecule has 3 unspecified atom stereocenters. The summed E-state index contributed by atoms with van der Waals surface area (Å²) in [5, 5.41) is 4.78. The maximum absolute atomic E-state index is 13.3. The molecular weight excluding hydrogens is 480 g/mol. The van der Waals surface area contributed by atoms with Crippen LogP contribution in [0, 0.1) is 0 Å². The Labute approximate surface area is 202 Å². The van der Waals surface area contributed by atoms with Crippen LogP contribution in [0.4, 0.5) is 4.79 Å². The van der Waals surface area contributed by atoms with Gasteiger partial charge in [-0.15, -0.1) is 11.3 Å². The largest absolute Gasteiger partial charge is 0.414 e. The summed E-state index contributed by atoms with van der Waals surface area (Å²) < 4.78 is 32.6. The molecule has 2 aromatic rings. The molecule has 0 spiro atoms. The van der Waals surface area contributed by atoms with Crippen LogP contribution >= 0.6 is 11.3 Å². The molecule has 0 radical (unpaired) electrons. The monoisotopic (exact) mass is 506 g/mol. The second-order valence-corrected chi connectivity index (χ2v) is 11.1. The first-order chi connectivity index (χ1) is 16.3. The standard InChI is InChI=1S/C22H26N4O6S2/c1-2-5-16(24-22(29)32-19-7-4-11-33-19)21(28)25-10-8-17-20(25)18(27)13-26(17)34(30,31)14-15-6-3-9-23-12-15/h3-4,6-7,9,11-12,16-17,20H,2,5,8,10,13-14H2,1H3,(H,24,29). The van der Waals surface area contributed by atoms with E-state index in [2.05, 4.69) is 10.3 Å². The normalized spacial score (nSPS) is 21.3. The number of nitrogens with zero attached hydrogens (tertiary/aromatic N) is 3. The first-order valence-corrected chi connectivity index (χ1v) is 13.5. The van der Waals surface area contributed by atoms with Gasteiger partial charge in [-0.05, 0) is 42.0 Å². The van der Waals surface area contributed by atoms with Crippen LogP contribution in [0.3, 0.4) is 0 Å². The van der Waals surface area contributed by atoms with E-state index in [1.807, 2.05) is 6.92 Å². The van der Waals surface area contributed by atoms with Crippen molar-refractivity contribution >= 4 is 39.1 Å². The third kappa shape index (κ3) is 5.13. The molecule has 2 saturated heterocycles. The van der Waals surface area contributed by atoms with E-state index in [1.165, 1.54) is 26.7 Å². The van der Waals surface area contributed by atoms with Gasteiger partial charge in [0.1, 0.15) is 12.1 Å². The molecule has 4 heterocycles. The Hall–Kier alpha value is -2.83. The number of likely N-dealkylation sites (tertiary alicyclic amines) is 1. The third-order valence-electron chi connectivity index (χ3n) is 5.95. The minimum absolute atomic E-state index is 0.237. The highest BCUT2D eigenvalue weighted by atomic mass is 32.2. The number of amides is 2. The molecule has 2 aliphatic rings. The topological polar surface area (TPSA) is 126 Å². The van der Waals surface area contributed by atoms with Gasteiger partial charge in [0.2, 0.25) is 15.9 Å². The van der Waals surface area contributed by atoms with E-state index in [0.29, 0.717) is 29.9 Å². The Morgan fingerprint density at radius 3 is 2.82 bits per heavy atom. The average Bonchev–Trinajstić information content (AvgIpc) is 3.52. The number of rotatable bonds is 8. The lowest BCUT2D eigenvalue weighted by molar-refractivity contribution is -0.138. The van der Waals surface area contributed by atoms with Gasteiger partial charge in [0.25, 0.3) is 0 Å². The van der Waals surface area contributed by atoms with Crippen LogP contribution in [0.2, 0.25) is 0 Å². The first-order valence-electron chi connectivity index (χ1n) is 11.0. The lowest BCUT2D eigenvalue weighted by atomic mass is 10.1. The molecule has 12 heteroatoms. The number of sulfonamides is 1. The quantitative estimate of drug-likeness (QED) is 0.578. The second-order valence-electron chi connectivity index (χ2n) is 8.27. The number of thiophene rings is 1. The third-order valence-corrected chi connectivity index (χ3v) is 8.50. The van der Waals surface area contributed by atoms with Crippen molar-refractivity contribution in [1.82, 2.24) is 19.5 Å². The molecule has 2 fully saturated rings. The number of carbonyl (C=O) groups is 3. The van der Waals surface area contributed by atoms with E-state index < -0.39 is 40.1 Å². The first kappa shape index (κ1) is 24.3. The molecule has 2 aliphatic heterocycles. The van der Waals surface area contributed by atoms with Crippen molar-refractivity contribution in [3.8, 4) is 5.06 Å². The zero-order valence-corrected chi connectivity index (χ0v) is 20.3. The van der Waals surface area contributed by atoms with Crippen molar-refractivity contribution in [3.63, 3.8) is 0 Å². The molecule has 182 valence electrons. The summed E-state index contributed by atoms with van der Waals surface area (Å²) in [6.07, 6.45) is 3.63. The Morgan fingerprint density at radius 2 is 2.15 bits per heavy atom. The number of Topliss-reactive ketones (excluding diaryl/α,β-unsaturated/α-hetero) is 1. The number of fused-ring (bicyclic) bond motifs is 1. The van der Waals surface area contributed by atoms with Crippen molar-refractivity contribution in [2.45, 2.75) is 50.1 Å². The van der Waals surface area contributed by atoms with Crippen LogP contribution in [0.1, 0.15) is 31.7 Å². The highest BCUT2D eigenvalue weighted by Crippen LogP contribution is 2.33. The molecule has 0 saturated carbocycles. The molecule has 34 heavy (non-hydrogen) atoms. The van der Waals surface area contributed by atoms with Crippen molar-refractivity contribution in [3.05, 3.63) is 47.6 Å². The van der Waals surface area contributed by atoms with Gasteiger partial charge in [0, 0.05) is 18.9 Å². The second kappa shape index (κ2) is 10.2. The van der Waals surface area contributed by atoms with Crippen LogP contribution < -0.4 is 10.1 Å². The number of ketones is 1. The molecule has 0 bridgehead atoms. The van der Waals surface area contributed by atoms with Gasteiger partial charge in [-0.3, -0.25) is 14.6 Å². The summed E-state index contributed by atoms with van der Waals surface area (Å²) in [7, 11) is -3.78. The number of carbonyl (C=O) groups excluding carboxylic acids is 3. The molecule has 0 aromatic carbocycles. The predicted octanol–water partition coefficient (Wildman–Crippen LogP) is 1.78. The van der Waals surface area contributed by atoms with Gasteiger partial charge < -0.3 is 15.0 Å². The molecule has 0 aliphatic carbocycles. The molecule has 3 atom stereocenters. The summed E-state index contributed by atoms with van der Waals surface area (Å²) in [5.41, 5.74) is 0.529. The van der Waals surface area contributed by atoms with Crippen molar-refractivity contribution < 1.29 is 27.5 Å². The lowest BCUT2D eigenvalue weighted by Crippen LogP contribution is -2.53. The summed E-state index contributed by atoms with van der Waals surface area (Å²) in [6.45, 7) is 1.85. The minimum Gasteiger partial charge on any atom is -0.399 e. The van der Waals surface area contributed by atoms with E-state index in [9.17, 15) is 22.8 Å². The molecule has 1 N–H and O–H groups in total. The fourth-order valence-corrected chi connectivity index (χ4v) is 6.78. The summed E-state index contributed by atoms with van der Waals surface area (Å²) in [4.78, 5) is 43.9. The highest BCUT2D eigenvalue weighted by molar-refractivity contribution is 7.88. The van der Waals surface area contributed by atoms with Gasteiger partial charge in [-0.1, -0.05) is 19.4 Å². The number of aromatic nitrogens is 1. The zero-order chi connectivity index (χ0) is 24.3. The predicted molar refractivity (Wildman–Crippen MR) is 125 cm³/mol. The SMILES string of the molecule is CCCC(NC(=O)Oc1cccs1)C(=O)N1CCC2C1C(=O)CN2S(=O)(=O)Cc1cccnc1. The fourth-order valence-electron chi connectivity index (χ4n) is 4.49. The summed E-state index contributed by atoms with van der Waals surface area (Å²) in [5.74, 6) is -0.987. The Kier molecular flexibility index (Phi) is 7.29. The number of nitrogens with one attached hydrogen (secondary N) is 1. The number of pyridine rings is 1. The van der Waals surface area contributed by atoms with Gasteiger partial charge in [-0.2, -0.15) is 4.31 Å². The molecular formula is C22H26N4O6S2. The van der Waals surface area contributed by atoms with Crippen LogP contribution in [0.25, 0.3) is 0 Å². The van der Waals surface area contributed by atoms with E-state index >= 15 is 0 Å². The maximum Gasteiger partial charge on any atom is 0.414 e. The van der Waals surface area contributed by atoms with Gasteiger partial charge in [0.15, 0.2) is 10.8 Å². The minimum atomic E-state index is -3.78. The van der Waals surface area contributed by atoms with E-state index in [1.54, 1.807) is 35.8 Å². The van der Waals surface area contributed by atoms with Crippen LogP contribution in [0.15, 0.2) is 42.0 Å². The van der Waals surface area contributed by atoms with Gasteiger partial charge in [0.05, 0.1) is 18.3 Å². The smallest absolute Gasteiger partial charge is 0.399 e. The Bertz CT molecular complexity index is 1140. The number of hydrogen-bond acceptors (Lipinski definition) is 8. The molecule has 2 amide bonds. The van der Waals surface area contributed by atoms with Crippen molar-refractivity contribution in [2.75, 3.05) is 13.1 Å². The summed E-state index contributed by atoms with van der Waals surface area (Å²) in [6, 6.07) is 4.37.